The molecular weight excluding hydrogens is 384 g/mol. The number of fused-ring (bicyclic) bond motifs is 2. The van der Waals surface area contributed by atoms with Crippen LogP contribution in [0.25, 0.3) is 21.5 Å². The molecule has 0 aliphatic carbocycles. The molecular formula is C21H12BrClO. The number of carbonyl (C=O) groups is 1. The van der Waals surface area contributed by atoms with Crippen molar-refractivity contribution in [3.05, 3.63) is 93.4 Å². The molecule has 4 rings (SSSR count). The minimum Gasteiger partial charge on any atom is -0.288 e. The molecule has 0 aliphatic rings. The number of carbonyl (C=O) groups excluding carboxylic acids is 1. The molecule has 0 saturated carbocycles. The van der Waals surface area contributed by atoms with E-state index in [1.165, 1.54) is 0 Å². The first-order valence-corrected chi connectivity index (χ1v) is 8.73. The number of ketones is 1. The molecule has 0 aliphatic heterocycles. The van der Waals surface area contributed by atoms with Crippen LogP contribution in [-0.2, 0) is 0 Å². The molecule has 1 nitrogen and oxygen atoms in total. The molecule has 24 heavy (non-hydrogen) atoms. The van der Waals surface area contributed by atoms with E-state index in [1.807, 2.05) is 66.7 Å². The first-order valence-electron chi connectivity index (χ1n) is 7.56. The van der Waals surface area contributed by atoms with Crippen molar-refractivity contribution in [3.8, 4) is 0 Å². The highest BCUT2D eigenvalue weighted by Crippen LogP contribution is 2.33. The minimum absolute atomic E-state index is 0.0746. The van der Waals surface area contributed by atoms with Crippen LogP contribution in [0.2, 0.25) is 5.02 Å². The third kappa shape index (κ3) is 2.43. The maximum absolute atomic E-state index is 13.2. The van der Waals surface area contributed by atoms with Crippen LogP contribution >= 0.6 is 27.5 Å². The van der Waals surface area contributed by atoms with Gasteiger partial charge in [0.05, 0.1) is 5.02 Å². The highest BCUT2D eigenvalue weighted by atomic mass is 79.9. The Kier molecular flexibility index (Phi) is 3.87. The average Bonchev–Trinajstić information content (AvgIpc) is 2.62. The van der Waals surface area contributed by atoms with Gasteiger partial charge < -0.3 is 0 Å². The number of hydrogen-bond acceptors (Lipinski definition) is 1. The summed E-state index contributed by atoms with van der Waals surface area (Å²) in [4.78, 5) is 13.2. The summed E-state index contributed by atoms with van der Waals surface area (Å²) in [7, 11) is 0. The van der Waals surface area contributed by atoms with Gasteiger partial charge >= 0.3 is 0 Å². The quantitative estimate of drug-likeness (QED) is 0.348. The standard InChI is InChI=1S/C21H12BrClO/c22-18-12-10-13-5-1-3-7-15(13)19(18)21(24)17-11-9-14-6-2-4-8-16(14)20(17)23/h1-12H. The molecule has 0 unspecified atom stereocenters. The molecule has 4 aromatic rings. The summed E-state index contributed by atoms with van der Waals surface area (Å²) in [6.45, 7) is 0. The van der Waals surface area contributed by atoms with Crippen LogP contribution < -0.4 is 0 Å². The first-order chi connectivity index (χ1) is 11.7. The number of halogens is 2. The van der Waals surface area contributed by atoms with Crippen LogP contribution in [0.5, 0.6) is 0 Å². The second-order valence-corrected chi connectivity index (χ2v) is 6.85. The highest BCUT2D eigenvalue weighted by Gasteiger charge is 2.19. The summed E-state index contributed by atoms with van der Waals surface area (Å²) in [6, 6.07) is 23.3. The molecule has 0 N–H and O–H groups in total. The zero-order valence-corrected chi connectivity index (χ0v) is 14.9. The summed E-state index contributed by atoms with van der Waals surface area (Å²) in [6.07, 6.45) is 0. The number of benzene rings is 4. The number of rotatable bonds is 2. The van der Waals surface area contributed by atoms with Gasteiger partial charge in [0.25, 0.3) is 0 Å². The Hall–Kier alpha value is -2.16. The van der Waals surface area contributed by atoms with E-state index >= 15 is 0 Å². The van der Waals surface area contributed by atoms with Crippen LogP contribution in [0, 0.1) is 0 Å². The van der Waals surface area contributed by atoms with Crippen molar-refractivity contribution in [3.63, 3.8) is 0 Å². The zero-order chi connectivity index (χ0) is 16.7. The molecule has 116 valence electrons. The van der Waals surface area contributed by atoms with Gasteiger partial charge in [0.2, 0.25) is 0 Å². The Morgan fingerprint density at radius 2 is 1.33 bits per heavy atom. The fourth-order valence-corrected chi connectivity index (χ4v) is 3.87. The maximum atomic E-state index is 13.2. The fourth-order valence-electron chi connectivity index (χ4n) is 3.02. The van der Waals surface area contributed by atoms with Crippen molar-refractivity contribution in [2.45, 2.75) is 0 Å². The van der Waals surface area contributed by atoms with E-state index in [-0.39, 0.29) is 5.78 Å². The highest BCUT2D eigenvalue weighted by molar-refractivity contribution is 9.10. The van der Waals surface area contributed by atoms with Gasteiger partial charge in [0.1, 0.15) is 0 Å². The summed E-state index contributed by atoms with van der Waals surface area (Å²) in [5.41, 5.74) is 1.16. The molecule has 3 heteroatoms. The van der Waals surface area contributed by atoms with Crippen molar-refractivity contribution in [1.82, 2.24) is 0 Å². The van der Waals surface area contributed by atoms with Gasteiger partial charge in [-0.25, -0.2) is 0 Å². The SMILES string of the molecule is O=C(c1ccc2ccccc2c1Cl)c1c(Br)ccc2ccccc12. The van der Waals surface area contributed by atoms with Crippen molar-refractivity contribution >= 4 is 54.9 Å². The van der Waals surface area contributed by atoms with Crippen molar-refractivity contribution in [2.75, 3.05) is 0 Å². The van der Waals surface area contributed by atoms with E-state index in [0.717, 1.165) is 26.0 Å². The fraction of sp³-hybridized carbons (Fsp3) is 0. The lowest BCUT2D eigenvalue weighted by Gasteiger charge is -2.11. The monoisotopic (exact) mass is 394 g/mol. The Balaban J connectivity index is 1.98. The zero-order valence-electron chi connectivity index (χ0n) is 12.6. The Morgan fingerprint density at radius 1 is 0.750 bits per heavy atom. The van der Waals surface area contributed by atoms with Gasteiger partial charge in [-0.2, -0.15) is 0 Å². The molecule has 0 spiro atoms. The Labute approximate surface area is 153 Å². The lowest BCUT2D eigenvalue weighted by molar-refractivity contribution is 0.104. The summed E-state index contributed by atoms with van der Waals surface area (Å²) >= 11 is 10.1. The molecule has 0 amide bonds. The topological polar surface area (TPSA) is 17.1 Å². The molecule has 4 aromatic carbocycles. The molecule has 0 bridgehead atoms. The Morgan fingerprint density at radius 3 is 2.08 bits per heavy atom. The van der Waals surface area contributed by atoms with Crippen LogP contribution in [0.3, 0.4) is 0 Å². The predicted molar refractivity (Wildman–Crippen MR) is 104 cm³/mol. The largest absolute Gasteiger partial charge is 0.288 e. The normalized spacial score (nSPS) is 11.1. The van der Waals surface area contributed by atoms with Gasteiger partial charge in [-0.3, -0.25) is 4.79 Å². The van der Waals surface area contributed by atoms with Crippen molar-refractivity contribution in [1.29, 1.82) is 0 Å². The van der Waals surface area contributed by atoms with Gasteiger partial charge in [0, 0.05) is 21.0 Å². The smallest absolute Gasteiger partial charge is 0.196 e. The lowest BCUT2D eigenvalue weighted by Crippen LogP contribution is -2.04. The second-order valence-electron chi connectivity index (χ2n) is 5.62. The van der Waals surface area contributed by atoms with E-state index in [9.17, 15) is 4.79 Å². The summed E-state index contributed by atoms with van der Waals surface area (Å²) in [5, 5.41) is 4.36. The molecule has 0 heterocycles. The third-order valence-corrected chi connectivity index (χ3v) is 5.28. The van der Waals surface area contributed by atoms with Crippen molar-refractivity contribution < 1.29 is 4.79 Å². The summed E-state index contributed by atoms with van der Waals surface area (Å²) in [5.74, 6) is -0.0746. The third-order valence-electron chi connectivity index (χ3n) is 4.21. The molecule has 0 fully saturated rings. The van der Waals surface area contributed by atoms with Gasteiger partial charge in [-0.05, 0) is 28.3 Å². The van der Waals surface area contributed by atoms with Gasteiger partial charge in [-0.1, -0.05) is 88.2 Å². The van der Waals surface area contributed by atoms with Crippen LogP contribution in [0.15, 0.2) is 77.3 Å². The van der Waals surface area contributed by atoms with E-state index in [1.54, 1.807) is 6.07 Å². The van der Waals surface area contributed by atoms with E-state index in [0.29, 0.717) is 16.1 Å². The molecule has 0 aromatic heterocycles. The molecule has 0 saturated heterocycles. The van der Waals surface area contributed by atoms with E-state index in [4.69, 9.17) is 11.6 Å². The van der Waals surface area contributed by atoms with Gasteiger partial charge in [0.15, 0.2) is 5.78 Å². The summed E-state index contributed by atoms with van der Waals surface area (Å²) < 4.78 is 0.774. The second kappa shape index (κ2) is 6.04. The minimum atomic E-state index is -0.0746. The lowest BCUT2D eigenvalue weighted by atomic mass is 9.95. The van der Waals surface area contributed by atoms with Crippen LogP contribution in [0.1, 0.15) is 15.9 Å². The van der Waals surface area contributed by atoms with E-state index in [2.05, 4.69) is 15.9 Å². The molecule has 0 radical (unpaired) electrons. The van der Waals surface area contributed by atoms with Crippen molar-refractivity contribution in [2.24, 2.45) is 0 Å². The Bertz CT molecular complexity index is 1100. The first kappa shape index (κ1) is 15.4. The average molecular weight is 396 g/mol. The van der Waals surface area contributed by atoms with E-state index < -0.39 is 0 Å². The number of hydrogen-bond donors (Lipinski definition) is 0. The van der Waals surface area contributed by atoms with Gasteiger partial charge in [-0.15, -0.1) is 0 Å². The molecule has 0 atom stereocenters. The van der Waals surface area contributed by atoms with Crippen LogP contribution in [0.4, 0.5) is 0 Å². The van der Waals surface area contributed by atoms with Crippen LogP contribution in [-0.4, -0.2) is 5.78 Å². The maximum Gasteiger partial charge on any atom is 0.196 e. The predicted octanol–water partition coefficient (Wildman–Crippen LogP) is 6.64.